The van der Waals surface area contributed by atoms with Gasteiger partial charge in [0.25, 0.3) is 0 Å². The van der Waals surface area contributed by atoms with Crippen LogP contribution in [0, 0.1) is 13.8 Å². The number of imidazole rings is 1. The molecule has 1 fully saturated rings. The number of pyridine rings is 1. The lowest BCUT2D eigenvalue weighted by Gasteiger charge is -2.35. The molecule has 6 nitrogen and oxygen atoms in total. The summed E-state index contributed by atoms with van der Waals surface area (Å²) in [6.07, 6.45) is 5.08. The molecule has 0 radical (unpaired) electrons. The van der Waals surface area contributed by atoms with E-state index >= 15 is 0 Å². The Balaban J connectivity index is 1.37. The van der Waals surface area contributed by atoms with Crippen molar-refractivity contribution in [1.82, 2.24) is 19.6 Å². The Morgan fingerprint density at radius 2 is 2.03 bits per heavy atom. The normalized spacial score (nSPS) is 17.7. The van der Waals surface area contributed by atoms with Gasteiger partial charge in [-0.1, -0.05) is 30.3 Å². The Morgan fingerprint density at radius 1 is 1.21 bits per heavy atom. The molecule has 1 N–H and O–H groups in total. The second kappa shape index (κ2) is 8.66. The lowest BCUT2D eigenvalue weighted by molar-refractivity contribution is -0.00829. The number of aromatic nitrogens is 2. The fourth-order valence-electron chi connectivity index (χ4n) is 3.94. The summed E-state index contributed by atoms with van der Waals surface area (Å²) in [4.78, 5) is 11.5. The number of ether oxygens (including phenoxy) is 1. The molecule has 0 saturated carbocycles. The van der Waals surface area contributed by atoms with Crippen LogP contribution in [0.3, 0.4) is 0 Å². The fourth-order valence-corrected chi connectivity index (χ4v) is 3.94. The molecule has 0 bridgehead atoms. The first-order chi connectivity index (χ1) is 14.2. The molecule has 3 heterocycles. The van der Waals surface area contributed by atoms with Crippen LogP contribution < -0.4 is 5.32 Å². The Kier molecular flexibility index (Phi) is 5.81. The van der Waals surface area contributed by atoms with E-state index in [1.54, 1.807) is 0 Å². The van der Waals surface area contributed by atoms with Crippen LogP contribution in [0.2, 0.25) is 0 Å². The number of aryl methyl sites for hydroxylation is 2. The summed E-state index contributed by atoms with van der Waals surface area (Å²) in [7, 11) is 1.84. The van der Waals surface area contributed by atoms with Gasteiger partial charge < -0.3 is 19.4 Å². The van der Waals surface area contributed by atoms with Crippen molar-refractivity contribution in [2.24, 2.45) is 4.99 Å². The molecular formula is C23H29N5O. The van der Waals surface area contributed by atoms with Crippen molar-refractivity contribution in [3.8, 4) is 0 Å². The van der Waals surface area contributed by atoms with Gasteiger partial charge in [0.15, 0.2) is 5.96 Å². The number of aliphatic imine (C=N–C) groups is 1. The van der Waals surface area contributed by atoms with E-state index in [-0.39, 0.29) is 6.10 Å². The summed E-state index contributed by atoms with van der Waals surface area (Å²) < 4.78 is 8.14. The summed E-state index contributed by atoms with van der Waals surface area (Å²) >= 11 is 0. The van der Waals surface area contributed by atoms with E-state index < -0.39 is 0 Å². The van der Waals surface area contributed by atoms with E-state index in [0.29, 0.717) is 6.61 Å². The number of guanidine groups is 1. The number of fused-ring (bicyclic) bond motifs is 1. The van der Waals surface area contributed by atoms with Gasteiger partial charge in [-0.25, -0.2) is 4.98 Å². The van der Waals surface area contributed by atoms with Gasteiger partial charge in [-0.2, -0.15) is 0 Å². The minimum Gasteiger partial charge on any atom is -0.370 e. The fraction of sp³-hybridized carbons (Fsp3) is 0.391. The third-order valence-electron chi connectivity index (χ3n) is 5.51. The maximum absolute atomic E-state index is 6.05. The zero-order valence-corrected chi connectivity index (χ0v) is 17.4. The molecule has 1 aromatic carbocycles. The molecule has 6 heteroatoms. The highest BCUT2D eigenvalue weighted by atomic mass is 16.5. The highest BCUT2D eigenvalue weighted by molar-refractivity contribution is 5.80. The second-order valence-electron chi connectivity index (χ2n) is 7.54. The van der Waals surface area contributed by atoms with E-state index in [4.69, 9.17) is 9.72 Å². The summed E-state index contributed by atoms with van der Waals surface area (Å²) in [5.74, 6) is 0.923. The minimum atomic E-state index is 0.0740. The summed E-state index contributed by atoms with van der Waals surface area (Å²) in [6.45, 7) is 7.37. The lowest BCUT2D eigenvalue weighted by Crippen LogP contribution is -2.48. The third kappa shape index (κ3) is 4.27. The van der Waals surface area contributed by atoms with Crippen LogP contribution in [-0.4, -0.2) is 53.5 Å². The maximum Gasteiger partial charge on any atom is 0.193 e. The molecule has 29 heavy (non-hydrogen) atoms. The molecule has 4 rings (SSSR count). The Morgan fingerprint density at radius 3 is 2.83 bits per heavy atom. The maximum atomic E-state index is 6.05. The Hall–Kier alpha value is -2.86. The van der Waals surface area contributed by atoms with Crippen LogP contribution in [0.1, 0.15) is 28.5 Å². The average molecular weight is 392 g/mol. The first-order valence-electron chi connectivity index (χ1n) is 10.2. The molecule has 2 aromatic heterocycles. The third-order valence-corrected chi connectivity index (χ3v) is 5.51. The van der Waals surface area contributed by atoms with Gasteiger partial charge in [-0.05, 0) is 36.6 Å². The first-order valence-corrected chi connectivity index (χ1v) is 10.2. The van der Waals surface area contributed by atoms with Crippen molar-refractivity contribution in [1.29, 1.82) is 0 Å². The summed E-state index contributed by atoms with van der Waals surface area (Å²) in [5.41, 5.74) is 5.83. The molecule has 0 aliphatic carbocycles. The van der Waals surface area contributed by atoms with Gasteiger partial charge in [0.05, 0.1) is 18.8 Å². The van der Waals surface area contributed by atoms with E-state index in [2.05, 4.69) is 76.1 Å². The van der Waals surface area contributed by atoms with E-state index in [1.807, 2.05) is 13.2 Å². The SMILES string of the molecule is CN=C(NCCc1cn2cccc(C)c2n1)N1CCOC(c2ccccc2C)C1. The van der Waals surface area contributed by atoms with Gasteiger partial charge in [0.1, 0.15) is 11.8 Å². The van der Waals surface area contributed by atoms with Gasteiger partial charge in [0, 0.05) is 39.0 Å². The van der Waals surface area contributed by atoms with Crippen molar-refractivity contribution in [2.45, 2.75) is 26.4 Å². The zero-order chi connectivity index (χ0) is 20.2. The minimum absolute atomic E-state index is 0.0740. The topological polar surface area (TPSA) is 54.2 Å². The van der Waals surface area contributed by atoms with Crippen molar-refractivity contribution in [2.75, 3.05) is 33.3 Å². The molecule has 3 aromatic rings. The lowest BCUT2D eigenvalue weighted by atomic mass is 10.0. The van der Waals surface area contributed by atoms with E-state index in [1.165, 1.54) is 16.7 Å². The highest BCUT2D eigenvalue weighted by Gasteiger charge is 2.25. The van der Waals surface area contributed by atoms with Gasteiger partial charge in [-0.15, -0.1) is 0 Å². The molecule has 1 aliphatic heterocycles. The van der Waals surface area contributed by atoms with Crippen molar-refractivity contribution < 1.29 is 4.74 Å². The average Bonchev–Trinajstić information content (AvgIpc) is 3.16. The standard InChI is InChI=1S/C23H29N5O/c1-17-7-4-5-9-20(17)21-16-28(13-14-29-21)23(24-3)25-11-10-19-15-27-12-6-8-18(2)22(27)26-19/h4-9,12,15,21H,10-11,13-14,16H2,1-3H3,(H,24,25). The van der Waals surface area contributed by atoms with Crippen LogP contribution >= 0.6 is 0 Å². The van der Waals surface area contributed by atoms with Crippen molar-refractivity contribution in [3.05, 3.63) is 71.2 Å². The number of nitrogens with one attached hydrogen (secondary N) is 1. The molecule has 1 aliphatic rings. The first kappa shape index (κ1) is 19.5. The molecule has 0 spiro atoms. The number of benzene rings is 1. The van der Waals surface area contributed by atoms with Crippen molar-refractivity contribution in [3.63, 3.8) is 0 Å². The quantitative estimate of drug-likeness (QED) is 0.548. The summed E-state index contributed by atoms with van der Waals surface area (Å²) in [6, 6.07) is 12.6. The van der Waals surface area contributed by atoms with Crippen LogP contribution in [0.4, 0.5) is 0 Å². The molecule has 1 atom stereocenters. The molecular weight excluding hydrogens is 362 g/mol. The molecule has 152 valence electrons. The summed E-state index contributed by atoms with van der Waals surface area (Å²) in [5, 5.41) is 3.50. The van der Waals surface area contributed by atoms with Crippen molar-refractivity contribution >= 4 is 11.6 Å². The van der Waals surface area contributed by atoms with E-state index in [9.17, 15) is 0 Å². The van der Waals surface area contributed by atoms with Crippen LogP contribution in [0.15, 0.2) is 53.8 Å². The van der Waals surface area contributed by atoms with Gasteiger partial charge in [-0.3, -0.25) is 4.99 Å². The number of morpholine rings is 1. The molecule has 1 saturated heterocycles. The smallest absolute Gasteiger partial charge is 0.193 e. The Bertz CT molecular complexity index is 1010. The predicted molar refractivity (Wildman–Crippen MR) is 116 cm³/mol. The van der Waals surface area contributed by atoms with Gasteiger partial charge in [0.2, 0.25) is 0 Å². The van der Waals surface area contributed by atoms with Crippen LogP contribution in [0.25, 0.3) is 5.65 Å². The molecule has 1 unspecified atom stereocenters. The number of rotatable bonds is 4. The van der Waals surface area contributed by atoms with Crippen LogP contribution in [0.5, 0.6) is 0 Å². The molecule has 0 amide bonds. The monoisotopic (exact) mass is 391 g/mol. The number of hydrogen-bond acceptors (Lipinski definition) is 3. The number of nitrogens with zero attached hydrogens (tertiary/aromatic N) is 4. The predicted octanol–water partition coefficient (Wildman–Crippen LogP) is 3.14. The van der Waals surface area contributed by atoms with E-state index in [0.717, 1.165) is 43.4 Å². The van der Waals surface area contributed by atoms with Crippen LogP contribution in [-0.2, 0) is 11.2 Å². The highest BCUT2D eigenvalue weighted by Crippen LogP contribution is 2.25. The largest absolute Gasteiger partial charge is 0.370 e. The number of hydrogen-bond donors (Lipinski definition) is 1. The van der Waals surface area contributed by atoms with Gasteiger partial charge >= 0.3 is 0 Å². The second-order valence-corrected chi connectivity index (χ2v) is 7.54. The Labute approximate surface area is 172 Å². The zero-order valence-electron chi connectivity index (χ0n) is 17.4.